The van der Waals surface area contributed by atoms with Crippen LogP contribution in [0.3, 0.4) is 0 Å². The van der Waals surface area contributed by atoms with Crippen LogP contribution >= 0.6 is 11.3 Å². The minimum absolute atomic E-state index is 0.0203. The van der Waals surface area contributed by atoms with Gasteiger partial charge in [0.1, 0.15) is 6.61 Å². The molecule has 2 amide bonds. The van der Waals surface area contributed by atoms with E-state index in [9.17, 15) is 14.4 Å². The molecular formula is C20H15NO4S. The predicted octanol–water partition coefficient (Wildman–Crippen LogP) is 3.63. The highest BCUT2D eigenvalue weighted by molar-refractivity contribution is 7.17. The monoisotopic (exact) mass is 365 g/mol. The van der Waals surface area contributed by atoms with Crippen LogP contribution in [0.5, 0.6) is 0 Å². The standard InChI is InChI=1S/C20H15NO4S/c22-18(25-11-13-12-26-17-8-4-3-5-14(13)17)9-10-21-19(23)15-6-1-2-7-16(15)20(21)24/h1-8,12H,9-11H2. The molecule has 1 aliphatic rings. The molecular weight excluding hydrogens is 350 g/mol. The van der Waals surface area contributed by atoms with Crippen molar-refractivity contribution >= 4 is 39.2 Å². The van der Waals surface area contributed by atoms with Crippen molar-refractivity contribution in [2.75, 3.05) is 6.54 Å². The molecule has 1 aromatic heterocycles. The van der Waals surface area contributed by atoms with Gasteiger partial charge in [-0.05, 0) is 29.0 Å². The van der Waals surface area contributed by atoms with E-state index in [0.717, 1.165) is 20.5 Å². The van der Waals surface area contributed by atoms with Gasteiger partial charge in [0, 0.05) is 16.8 Å². The molecule has 0 fully saturated rings. The summed E-state index contributed by atoms with van der Waals surface area (Å²) in [4.78, 5) is 37.7. The molecule has 6 heteroatoms. The van der Waals surface area contributed by atoms with Gasteiger partial charge in [-0.3, -0.25) is 19.3 Å². The third-order valence-electron chi connectivity index (χ3n) is 4.37. The number of fused-ring (bicyclic) bond motifs is 2. The van der Waals surface area contributed by atoms with E-state index in [1.807, 2.05) is 29.6 Å². The van der Waals surface area contributed by atoms with E-state index in [1.165, 1.54) is 0 Å². The number of imide groups is 1. The highest BCUT2D eigenvalue weighted by atomic mass is 32.1. The number of ether oxygens (including phenoxy) is 1. The Labute approximate surface area is 153 Å². The smallest absolute Gasteiger partial charge is 0.307 e. The molecule has 0 N–H and O–H groups in total. The summed E-state index contributed by atoms with van der Waals surface area (Å²) >= 11 is 1.60. The molecule has 0 atom stereocenters. The zero-order chi connectivity index (χ0) is 18.1. The normalized spacial score (nSPS) is 13.3. The number of benzene rings is 2. The maximum absolute atomic E-state index is 12.3. The van der Waals surface area contributed by atoms with Crippen molar-refractivity contribution in [1.29, 1.82) is 0 Å². The van der Waals surface area contributed by atoms with E-state index in [1.54, 1.807) is 35.6 Å². The molecule has 26 heavy (non-hydrogen) atoms. The molecule has 0 aliphatic carbocycles. The van der Waals surface area contributed by atoms with Gasteiger partial charge in [-0.2, -0.15) is 0 Å². The van der Waals surface area contributed by atoms with E-state index in [0.29, 0.717) is 11.1 Å². The molecule has 2 aromatic carbocycles. The molecule has 0 saturated carbocycles. The van der Waals surface area contributed by atoms with Gasteiger partial charge in [0.05, 0.1) is 17.5 Å². The van der Waals surface area contributed by atoms with Gasteiger partial charge in [0.15, 0.2) is 0 Å². The summed E-state index contributed by atoms with van der Waals surface area (Å²) in [6, 6.07) is 14.6. The fraction of sp³-hybridized carbons (Fsp3) is 0.150. The van der Waals surface area contributed by atoms with Gasteiger partial charge in [-0.25, -0.2) is 0 Å². The average molecular weight is 365 g/mol. The van der Waals surface area contributed by atoms with Crippen LogP contribution in [0.2, 0.25) is 0 Å². The SMILES string of the molecule is O=C(CCN1C(=O)c2ccccc2C1=O)OCc1csc2ccccc12. The van der Waals surface area contributed by atoms with Crippen LogP contribution in [0.1, 0.15) is 32.7 Å². The molecule has 0 bridgehead atoms. The quantitative estimate of drug-likeness (QED) is 0.512. The maximum atomic E-state index is 12.3. The lowest BCUT2D eigenvalue weighted by Gasteiger charge is -2.13. The summed E-state index contributed by atoms with van der Waals surface area (Å²) in [5.41, 5.74) is 1.73. The van der Waals surface area contributed by atoms with Crippen LogP contribution in [0.25, 0.3) is 10.1 Å². The van der Waals surface area contributed by atoms with Gasteiger partial charge in [-0.1, -0.05) is 30.3 Å². The first-order chi connectivity index (χ1) is 12.6. The van der Waals surface area contributed by atoms with Gasteiger partial charge in [-0.15, -0.1) is 11.3 Å². The molecule has 0 unspecified atom stereocenters. The number of rotatable bonds is 5. The Bertz CT molecular complexity index is 988. The highest BCUT2D eigenvalue weighted by Crippen LogP contribution is 2.26. The van der Waals surface area contributed by atoms with Crippen LogP contribution in [-0.4, -0.2) is 29.2 Å². The molecule has 4 rings (SSSR count). The molecule has 0 saturated heterocycles. The van der Waals surface area contributed by atoms with Gasteiger partial charge in [0.2, 0.25) is 0 Å². The molecule has 1 aliphatic heterocycles. The fourth-order valence-corrected chi connectivity index (χ4v) is 3.97. The third-order valence-corrected chi connectivity index (χ3v) is 5.38. The van der Waals surface area contributed by atoms with Crippen LogP contribution < -0.4 is 0 Å². The number of esters is 1. The topological polar surface area (TPSA) is 63.7 Å². The van der Waals surface area contributed by atoms with Gasteiger partial charge < -0.3 is 4.74 Å². The Balaban J connectivity index is 1.35. The number of amides is 2. The van der Waals surface area contributed by atoms with Crippen molar-refractivity contribution in [3.05, 3.63) is 70.6 Å². The van der Waals surface area contributed by atoms with Crippen LogP contribution in [0.4, 0.5) is 0 Å². The lowest BCUT2D eigenvalue weighted by atomic mass is 10.1. The van der Waals surface area contributed by atoms with E-state index in [2.05, 4.69) is 0 Å². The average Bonchev–Trinajstić information content (AvgIpc) is 3.19. The largest absolute Gasteiger partial charge is 0.461 e. The number of thiophene rings is 1. The number of carbonyl (C=O) groups is 3. The second-order valence-corrected chi connectivity index (χ2v) is 6.89. The Morgan fingerprint density at radius 3 is 2.35 bits per heavy atom. The first kappa shape index (κ1) is 16.5. The predicted molar refractivity (Wildman–Crippen MR) is 98.0 cm³/mol. The van der Waals surface area contributed by atoms with Crippen molar-refractivity contribution in [3.63, 3.8) is 0 Å². The van der Waals surface area contributed by atoms with Crippen molar-refractivity contribution in [2.45, 2.75) is 13.0 Å². The van der Waals surface area contributed by atoms with Crippen molar-refractivity contribution in [1.82, 2.24) is 4.90 Å². The maximum Gasteiger partial charge on any atom is 0.307 e. The van der Waals surface area contributed by atoms with Crippen molar-refractivity contribution in [2.24, 2.45) is 0 Å². The zero-order valence-electron chi connectivity index (χ0n) is 13.8. The van der Waals surface area contributed by atoms with Crippen LogP contribution in [0, 0.1) is 0 Å². The molecule has 0 spiro atoms. The molecule has 5 nitrogen and oxygen atoms in total. The number of hydrogen-bond acceptors (Lipinski definition) is 5. The van der Waals surface area contributed by atoms with Crippen molar-refractivity contribution < 1.29 is 19.1 Å². The van der Waals surface area contributed by atoms with Crippen molar-refractivity contribution in [3.8, 4) is 0 Å². The summed E-state index contributed by atoms with van der Waals surface area (Å²) in [6.45, 7) is 0.209. The van der Waals surface area contributed by atoms with E-state index in [4.69, 9.17) is 4.74 Å². The summed E-state index contributed by atoms with van der Waals surface area (Å²) in [7, 11) is 0. The fourth-order valence-electron chi connectivity index (χ4n) is 3.02. The molecule has 2 heterocycles. The molecule has 0 radical (unpaired) electrons. The van der Waals surface area contributed by atoms with Crippen LogP contribution in [0.15, 0.2) is 53.9 Å². The second kappa shape index (κ2) is 6.72. The Hall–Kier alpha value is -2.99. The minimum atomic E-state index is -0.433. The first-order valence-electron chi connectivity index (χ1n) is 8.21. The van der Waals surface area contributed by atoms with E-state index < -0.39 is 5.97 Å². The Morgan fingerprint density at radius 1 is 0.962 bits per heavy atom. The summed E-state index contributed by atoms with van der Waals surface area (Å²) in [5, 5.41) is 3.05. The number of hydrogen-bond donors (Lipinski definition) is 0. The zero-order valence-corrected chi connectivity index (χ0v) is 14.6. The lowest BCUT2D eigenvalue weighted by molar-refractivity contribution is -0.145. The highest BCUT2D eigenvalue weighted by Gasteiger charge is 2.35. The Kier molecular flexibility index (Phi) is 4.26. The van der Waals surface area contributed by atoms with Crippen LogP contribution in [-0.2, 0) is 16.1 Å². The molecule has 3 aromatic rings. The Morgan fingerprint density at radius 2 is 1.62 bits per heavy atom. The third kappa shape index (κ3) is 2.88. The lowest BCUT2D eigenvalue weighted by Crippen LogP contribution is -2.32. The van der Waals surface area contributed by atoms with E-state index in [-0.39, 0.29) is 31.4 Å². The minimum Gasteiger partial charge on any atom is -0.461 e. The summed E-state index contributed by atoms with van der Waals surface area (Å²) in [5.74, 6) is -1.15. The summed E-state index contributed by atoms with van der Waals surface area (Å²) in [6.07, 6.45) is -0.0203. The number of carbonyl (C=O) groups excluding carboxylic acids is 3. The van der Waals surface area contributed by atoms with Gasteiger partial charge >= 0.3 is 5.97 Å². The number of nitrogens with zero attached hydrogens (tertiary/aromatic N) is 1. The molecule has 130 valence electrons. The second-order valence-electron chi connectivity index (χ2n) is 5.98. The summed E-state index contributed by atoms with van der Waals surface area (Å²) < 4.78 is 6.46. The first-order valence-corrected chi connectivity index (χ1v) is 9.09. The van der Waals surface area contributed by atoms with Gasteiger partial charge in [0.25, 0.3) is 11.8 Å². The van der Waals surface area contributed by atoms with E-state index >= 15 is 0 Å².